The molecule has 1 aromatic heterocycles. The minimum atomic E-state index is 0.0602. The minimum absolute atomic E-state index is 0.0602. The molecule has 2 aromatic rings. The SMILES string of the molecule is CCCCC(=O)Nc1cccc2cccnc12. The number of nitrogens with zero attached hydrogens (tertiary/aromatic N) is 1. The summed E-state index contributed by atoms with van der Waals surface area (Å²) in [4.78, 5) is 16.0. The van der Waals surface area contributed by atoms with E-state index in [0.717, 1.165) is 29.4 Å². The Kier molecular flexibility index (Phi) is 3.70. The molecule has 1 aromatic carbocycles. The largest absolute Gasteiger partial charge is 0.324 e. The predicted molar refractivity (Wildman–Crippen MR) is 69.9 cm³/mol. The first kappa shape index (κ1) is 11.6. The Labute approximate surface area is 101 Å². The molecule has 0 unspecified atom stereocenters. The van der Waals surface area contributed by atoms with Crippen LogP contribution in [-0.4, -0.2) is 10.9 Å². The molecular formula is C14H16N2O. The van der Waals surface area contributed by atoms with Crippen LogP contribution in [0.15, 0.2) is 36.5 Å². The topological polar surface area (TPSA) is 42.0 Å². The minimum Gasteiger partial charge on any atom is -0.324 e. The van der Waals surface area contributed by atoms with Gasteiger partial charge in [-0.3, -0.25) is 9.78 Å². The van der Waals surface area contributed by atoms with Gasteiger partial charge in [-0.2, -0.15) is 0 Å². The number of hydrogen-bond donors (Lipinski definition) is 1. The average Bonchev–Trinajstić information content (AvgIpc) is 2.37. The third-order valence-corrected chi connectivity index (χ3v) is 2.66. The zero-order valence-corrected chi connectivity index (χ0v) is 9.94. The number of amides is 1. The van der Waals surface area contributed by atoms with Crippen LogP contribution in [0.4, 0.5) is 5.69 Å². The van der Waals surface area contributed by atoms with Crippen LogP contribution in [-0.2, 0) is 4.79 Å². The van der Waals surface area contributed by atoms with Gasteiger partial charge in [-0.25, -0.2) is 0 Å². The molecule has 0 fully saturated rings. The van der Waals surface area contributed by atoms with E-state index in [2.05, 4.69) is 17.2 Å². The molecule has 1 heterocycles. The summed E-state index contributed by atoms with van der Waals surface area (Å²) < 4.78 is 0. The molecule has 2 rings (SSSR count). The summed E-state index contributed by atoms with van der Waals surface area (Å²) in [5.74, 6) is 0.0602. The van der Waals surface area contributed by atoms with Gasteiger partial charge in [0.25, 0.3) is 0 Å². The summed E-state index contributed by atoms with van der Waals surface area (Å²) in [7, 11) is 0. The van der Waals surface area contributed by atoms with Crippen LogP contribution < -0.4 is 5.32 Å². The molecule has 0 saturated carbocycles. The molecule has 3 heteroatoms. The standard InChI is InChI=1S/C14H16N2O/c1-2-3-9-13(17)16-12-8-4-6-11-7-5-10-15-14(11)12/h4-8,10H,2-3,9H2,1H3,(H,16,17). The van der Waals surface area contributed by atoms with E-state index in [-0.39, 0.29) is 5.91 Å². The van der Waals surface area contributed by atoms with Crippen LogP contribution in [0.5, 0.6) is 0 Å². The zero-order valence-electron chi connectivity index (χ0n) is 9.94. The van der Waals surface area contributed by atoms with Crippen molar-refractivity contribution in [2.24, 2.45) is 0 Å². The molecule has 0 saturated heterocycles. The van der Waals surface area contributed by atoms with Gasteiger partial charge >= 0.3 is 0 Å². The third-order valence-electron chi connectivity index (χ3n) is 2.66. The first-order chi connectivity index (χ1) is 8.31. The van der Waals surface area contributed by atoms with Crippen molar-refractivity contribution in [1.82, 2.24) is 4.98 Å². The molecule has 3 nitrogen and oxygen atoms in total. The summed E-state index contributed by atoms with van der Waals surface area (Å²) >= 11 is 0. The maximum Gasteiger partial charge on any atom is 0.224 e. The number of hydrogen-bond acceptors (Lipinski definition) is 2. The Morgan fingerprint density at radius 3 is 2.94 bits per heavy atom. The Morgan fingerprint density at radius 2 is 2.12 bits per heavy atom. The van der Waals surface area contributed by atoms with Gasteiger partial charge in [-0.1, -0.05) is 31.5 Å². The summed E-state index contributed by atoms with van der Waals surface area (Å²) in [6, 6.07) is 9.69. The third kappa shape index (κ3) is 2.81. The lowest BCUT2D eigenvalue weighted by Crippen LogP contribution is -2.11. The van der Waals surface area contributed by atoms with Gasteiger partial charge in [-0.05, 0) is 18.6 Å². The van der Waals surface area contributed by atoms with Crippen molar-refractivity contribution in [1.29, 1.82) is 0 Å². The van der Waals surface area contributed by atoms with E-state index >= 15 is 0 Å². The van der Waals surface area contributed by atoms with Crippen molar-refractivity contribution < 1.29 is 4.79 Å². The Balaban J connectivity index is 2.21. The monoisotopic (exact) mass is 228 g/mol. The number of aromatic nitrogens is 1. The molecule has 1 N–H and O–H groups in total. The number of para-hydroxylation sites is 1. The molecule has 0 spiro atoms. The van der Waals surface area contributed by atoms with Crippen LogP contribution in [0.1, 0.15) is 26.2 Å². The predicted octanol–water partition coefficient (Wildman–Crippen LogP) is 3.36. The van der Waals surface area contributed by atoms with Crippen molar-refractivity contribution in [3.63, 3.8) is 0 Å². The highest BCUT2D eigenvalue weighted by Crippen LogP contribution is 2.20. The molecule has 0 bridgehead atoms. The second-order valence-corrected chi connectivity index (χ2v) is 4.03. The fourth-order valence-electron chi connectivity index (χ4n) is 1.76. The van der Waals surface area contributed by atoms with E-state index < -0.39 is 0 Å². The molecule has 0 aliphatic heterocycles. The number of carbonyl (C=O) groups is 1. The van der Waals surface area contributed by atoms with E-state index in [4.69, 9.17) is 0 Å². The molecule has 88 valence electrons. The highest BCUT2D eigenvalue weighted by molar-refractivity contribution is 6.00. The number of pyridine rings is 1. The van der Waals surface area contributed by atoms with Crippen molar-refractivity contribution >= 4 is 22.5 Å². The Bertz CT molecular complexity index is 517. The molecular weight excluding hydrogens is 212 g/mol. The van der Waals surface area contributed by atoms with Gasteiger partial charge in [0.1, 0.15) is 0 Å². The fourth-order valence-corrected chi connectivity index (χ4v) is 1.76. The smallest absolute Gasteiger partial charge is 0.224 e. The van der Waals surface area contributed by atoms with Crippen LogP contribution in [0.3, 0.4) is 0 Å². The first-order valence-electron chi connectivity index (χ1n) is 5.95. The molecule has 0 atom stereocenters. The average molecular weight is 228 g/mol. The van der Waals surface area contributed by atoms with Gasteiger partial charge in [0.05, 0.1) is 11.2 Å². The number of rotatable bonds is 4. The van der Waals surface area contributed by atoms with Crippen molar-refractivity contribution in [3.05, 3.63) is 36.5 Å². The van der Waals surface area contributed by atoms with Gasteiger partial charge < -0.3 is 5.32 Å². The second-order valence-electron chi connectivity index (χ2n) is 4.03. The van der Waals surface area contributed by atoms with Crippen LogP contribution >= 0.6 is 0 Å². The number of carbonyl (C=O) groups excluding carboxylic acids is 1. The quantitative estimate of drug-likeness (QED) is 0.871. The summed E-state index contributed by atoms with van der Waals surface area (Å²) in [6.45, 7) is 2.08. The van der Waals surface area contributed by atoms with E-state index in [9.17, 15) is 4.79 Å². The van der Waals surface area contributed by atoms with E-state index in [1.165, 1.54) is 0 Å². The van der Waals surface area contributed by atoms with Crippen LogP contribution in [0.25, 0.3) is 10.9 Å². The summed E-state index contributed by atoms with van der Waals surface area (Å²) in [5, 5.41) is 3.96. The van der Waals surface area contributed by atoms with Gasteiger partial charge in [0.2, 0.25) is 5.91 Å². The Hall–Kier alpha value is -1.90. The lowest BCUT2D eigenvalue weighted by atomic mass is 10.2. The molecule has 0 aliphatic carbocycles. The molecule has 17 heavy (non-hydrogen) atoms. The lowest BCUT2D eigenvalue weighted by Gasteiger charge is -2.07. The highest BCUT2D eigenvalue weighted by Gasteiger charge is 2.05. The normalized spacial score (nSPS) is 10.4. The van der Waals surface area contributed by atoms with Gasteiger partial charge in [-0.15, -0.1) is 0 Å². The zero-order chi connectivity index (χ0) is 12.1. The van der Waals surface area contributed by atoms with Crippen LogP contribution in [0.2, 0.25) is 0 Å². The highest BCUT2D eigenvalue weighted by atomic mass is 16.1. The molecule has 0 aliphatic rings. The van der Waals surface area contributed by atoms with Crippen molar-refractivity contribution in [2.75, 3.05) is 5.32 Å². The Morgan fingerprint density at radius 1 is 1.29 bits per heavy atom. The maximum absolute atomic E-state index is 11.7. The van der Waals surface area contributed by atoms with Crippen molar-refractivity contribution in [3.8, 4) is 0 Å². The van der Waals surface area contributed by atoms with Crippen LogP contribution in [0, 0.1) is 0 Å². The molecule has 1 amide bonds. The van der Waals surface area contributed by atoms with E-state index in [1.54, 1.807) is 6.20 Å². The maximum atomic E-state index is 11.7. The number of nitrogens with one attached hydrogen (secondary N) is 1. The summed E-state index contributed by atoms with van der Waals surface area (Å²) in [6.07, 6.45) is 4.26. The number of unbranched alkanes of at least 4 members (excludes halogenated alkanes) is 1. The summed E-state index contributed by atoms with van der Waals surface area (Å²) in [5.41, 5.74) is 1.64. The number of anilines is 1. The van der Waals surface area contributed by atoms with E-state index in [0.29, 0.717) is 6.42 Å². The number of benzene rings is 1. The molecule has 0 radical (unpaired) electrons. The van der Waals surface area contributed by atoms with E-state index in [1.807, 2.05) is 30.3 Å². The number of fused-ring (bicyclic) bond motifs is 1. The second kappa shape index (κ2) is 5.43. The van der Waals surface area contributed by atoms with Crippen molar-refractivity contribution in [2.45, 2.75) is 26.2 Å². The first-order valence-corrected chi connectivity index (χ1v) is 5.95. The van der Waals surface area contributed by atoms with Gasteiger partial charge in [0.15, 0.2) is 0 Å². The lowest BCUT2D eigenvalue weighted by molar-refractivity contribution is -0.116. The van der Waals surface area contributed by atoms with Gasteiger partial charge in [0, 0.05) is 18.0 Å². The fraction of sp³-hybridized carbons (Fsp3) is 0.286.